The standard InChI is InChI=1S/C15H11FN4O2/c1-9-4-5-11(16)12(7-9)20-14(10-3-2-6-17-8-10)13(15(21)22)18-19-20/h2-8H,1H3,(H,21,22). The Balaban J connectivity index is 2.30. The van der Waals surface area contributed by atoms with Gasteiger partial charge < -0.3 is 5.11 Å². The molecule has 0 aliphatic heterocycles. The molecule has 6 nitrogen and oxygen atoms in total. The van der Waals surface area contributed by atoms with Crippen molar-refractivity contribution < 1.29 is 14.3 Å². The van der Waals surface area contributed by atoms with Crippen LogP contribution in [0.2, 0.25) is 0 Å². The van der Waals surface area contributed by atoms with Crippen molar-refractivity contribution in [2.45, 2.75) is 6.92 Å². The van der Waals surface area contributed by atoms with Crippen molar-refractivity contribution in [2.75, 3.05) is 0 Å². The van der Waals surface area contributed by atoms with Crippen LogP contribution >= 0.6 is 0 Å². The third-order valence-electron chi connectivity index (χ3n) is 3.14. The highest BCUT2D eigenvalue weighted by Crippen LogP contribution is 2.26. The van der Waals surface area contributed by atoms with Crippen molar-refractivity contribution in [1.82, 2.24) is 20.0 Å². The molecule has 2 heterocycles. The highest BCUT2D eigenvalue weighted by Gasteiger charge is 2.23. The number of carboxylic acids is 1. The number of hydrogen-bond donors (Lipinski definition) is 1. The number of hydrogen-bond acceptors (Lipinski definition) is 4. The summed E-state index contributed by atoms with van der Waals surface area (Å²) in [4.78, 5) is 15.3. The highest BCUT2D eigenvalue weighted by molar-refractivity contribution is 5.92. The molecule has 1 N–H and O–H groups in total. The number of halogens is 1. The van der Waals surface area contributed by atoms with E-state index in [1.165, 1.54) is 16.9 Å². The number of pyridine rings is 1. The van der Waals surface area contributed by atoms with Crippen LogP contribution < -0.4 is 0 Å². The summed E-state index contributed by atoms with van der Waals surface area (Å²) >= 11 is 0. The second-order valence-electron chi connectivity index (χ2n) is 4.70. The smallest absolute Gasteiger partial charge is 0.358 e. The van der Waals surface area contributed by atoms with E-state index in [2.05, 4.69) is 15.3 Å². The van der Waals surface area contributed by atoms with Crippen LogP contribution in [0, 0.1) is 12.7 Å². The summed E-state index contributed by atoms with van der Waals surface area (Å²) in [6, 6.07) is 7.83. The predicted molar refractivity (Wildman–Crippen MR) is 76.2 cm³/mol. The van der Waals surface area contributed by atoms with Crippen molar-refractivity contribution in [3.63, 3.8) is 0 Å². The van der Waals surface area contributed by atoms with Crippen molar-refractivity contribution >= 4 is 5.97 Å². The number of aromatic nitrogens is 4. The summed E-state index contributed by atoms with van der Waals surface area (Å²) in [5.41, 5.74) is 1.38. The summed E-state index contributed by atoms with van der Waals surface area (Å²) < 4.78 is 15.3. The Kier molecular flexibility index (Phi) is 3.38. The van der Waals surface area contributed by atoms with E-state index >= 15 is 0 Å². The molecule has 1 aromatic carbocycles. The van der Waals surface area contributed by atoms with Gasteiger partial charge in [0.25, 0.3) is 0 Å². The zero-order valence-electron chi connectivity index (χ0n) is 11.6. The summed E-state index contributed by atoms with van der Waals surface area (Å²) in [6.45, 7) is 1.81. The zero-order valence-corrected chi connectivity index (χ0v) is 11.6. The molecule has 0 fully saturated rings. The number of carbonyl (C=O) groups is 1. The minimum atomic E-state index is -1.24. The molecule has 0 spiro atoms. The number of aryl methyl sites for hydroxylation is 1. The Morgan fingerprint density at radius 1 is 1.32 bits per heavy atom. The van der Waals surface area contributed by atoms with Gasteiger partial charge in [-0.15, -0.1) is 5.10 Å². The van der Waals surface area contributed by atoms with E-state index in [4.69, 9.17) is 0 Å². The molecule has 0 radical (unpaired) electrons. The molecule has 7 heteroatoms. The van der Waals surface area contributed by atoms with Crippen LogP contribution in [0.4, 0.5) is 4.39 Å². The maximum Gasteiger partial charge on any atom is 0.358 e. The second-order valence-corrected chi connectivity index (χ2v) is 4.70. The van der Waals surface area contributed by atoms with Crippen LogP contribution in [0.5, 0.6) is 0 Å². The molecule has 22 heavy (non-hydrogen) atoms. The van der Waals surface area contributed by atoms with Crippen LogP contribution in [-0.2, 0) is 0 Å². The van der Waals surface area contributed by atoms with Gasteiger partial charge >= 0.3 is 5.97 Å². The molecule has 0 bridgehead atoms. The Bertz CT molecular complexity index is 846. The van der Waals surface area contributed by atoms with Crippen molar-refractivity contribution in [1.29, 1.82) is 0 Å². The van der Waals surface area contributed by atoms with Gasteiger partial charge in [0.15, 0.2) is 5.69 Å². The fraction of sp³-hybridized carbons (Fsp3) is 0.0667. The minimum absolute atomic E-state index is 0.138. The van der Waals surface area contributed by atoms with Gasteiger partial charge in [-0.3, -0.25) is 4.98 Å². The van der Waals surface area contributed by atoms with Gasteiger partial charge in [-0.2, -0.15) is 0 Å². The quantitative estimate of drug-likeness (QED) is 0.803. The third kappa shape index (κ3) is 2.32. The van der Waals surface area contributed by atoms with E-state index in [0.29, 0.717) is 5.56 Å². The Morgan fingerprint density at radius 2 is 2.14 bits per heavy atom. The van der Waals surface area contributed by atoms with Gasteiger partial charge in [0.2, 0.25) is 0 Å². The van der Waals surface area contributed by atoms with Crippen LogP contribution in [0.3, 0.4) is 0 Å². The topological polar surface area (TPSA) is 80.9 Å². The zero-order chi connectivity index (χ0) is 15.7. The molecule has 110 valence electrons. The lowest BCUT2D eigenvalue weighted by atomic mass is 10.1. The van der Waals surface area contributed by atoms with Crippen LogP contribution in [0.15, 0.2) is 42.7 Å². The Labute approximate surface area is 124 Å². The lowest BCUT2D eigenvalue weighted by Crippen LogP contribution is -2.05. The van der Waals surface area contributed by atoms with Crippen molar-refractivity contribution in [3.05, 3.63) is 59.8 Å². The highest BCUT2D eigenvalue weighted by atomic mass is 19.1. The molecule has 0 atom stereocenters. The van der Waals surface area contributed by atoms with Crippen molar-refractivity contribution in [2.24, 2.45) is 0 Å². The Morgan fingerprint density at radius 3 is 2.82 bits per heavy atom. The molecule has 0 aliphatic carbocycles. The molecule has 3 rings (SSSR count). The summed E-state index contributed by atoms with van der Waals surface area (Å²) in [5.74, 6) is -1.75. The molecule has 3 aromatic rings. The monoisotopic (exact) mass is 298 g/mol. The normalized spacial score (nSPS) is 10.6. The molecule has 2 aromatic heterocycles. The van der Waals surface area contributed by atoms with Crippen LogP contribution in [-0.4, -0.2) is 31.1 Å². The number of benzene rings is 1. The molecule has 0 amide bonds. The lowest BCUT2D eigenvalue weighted by molar-refractivity contribution is 0.0691. The van der Waals surface area contributed by atoms with Crippen LogP contribution in [0.1, 0.15) is 16.1 Å². The molecule has 0 aliphatic rings. The molecule has 0 saturated carbocycles. The molecular weight excluding hydrogens is 287 g/mol. The number of nitrogens with zero attached hydrogens (tertiary/aromatic N) is 4. The molecular formula is C15H11FN4O2. The average Bonchev–Trinajstić information content (AvgIpc) is 2.95. The second kappa shape index (κ2) is 5.36. The van der Waals surface area contributed by atoms with Gasteiger partial charge in [0.05, 0.1) is 0 Å². The van der Waals surface area contributed by atoms with E-state index in [9.17, 15) is 14.3 Å². The maximum atomic E-state index is 14.1. The summed E-state index contributed by atoms with van der Waals surface area (Å²) in [6.07, 6.45) is 3.04. The number of aromatic carboxylic acids is 1. The van der Waals surface area contributed by atoms with E-state index < -0.39 is 11.8 Å². The first-order valence-corrected chi connectivity index (χ1v) is 6.44. The SMILES string of the molecule is Cc1ccc(F)c(-n2nnc(C(=O)O)c2-c2cccnc2)c1. The largest absolute Gasteiger partial charge is 0.476 e. The van der Waals surface area contributed by atoms with Gasteiger partial charge in [0, 0.05) is 18.0 Å². The first kappa shape index (κ1) is 13.9. The summed E-state index contributed by atoms with van der Waals surface area (Å²) in [7, 11) is 0. The van der Waals surface area contributed by atoms with Gasteiger partial charge in [-0.1, -0.05) is 11.3 Å². The maximum absolute atomic E-state index is 14.1. The van der Waals surface area contributed by atoms with E-state index in [1.54, 1.807) is 30.5 Å². The molecule has 0 unspecified atom stereocenters. The average molecular weight is 298 g/mol. The van der Waals surface area contributed by atoms with E-state index in [1.807, 2.05) is 6.92 Å². The van der Waals surface area contributed by atoms with Gasteiger partial charge in [-0.25, -0.2) is 13.9 Å². The number of carboxylic acid groups (broad SMARTS) is 1. The first-order valence-electron chi connectivity index (χ1n) is 6.44. The first-order chi connectivity index (χ1) is 10.6. The number of rotatable bonds is 3. The van der Waals surface area contributed by atoms with Gasteiger partial charge in [0.1, 0.15) is 17.2 Å². The minimum Gasteiger partial charge on any atom is -0.476 e. The Hall–Kier alpha value is -3.09. The molecule has 0 saturated heterocycles. The lowest BCUT2D eigenvalue weighted by Gasteiger charge is -2.08. The van der Waals surface area contributed by atoms with E-state index in [0.717, 1.165) is 5.56 Å². The fourth-order valence-electron chi connectivity index (χ4n) is 2.14. The van der Waals surface area contributed by atoms with Crippen LogP contribution in [0.25, 0.3) is 16.9 Å². The third-order valence-corrected chi connectivity index (χ3v) is 3.14. The van der Waals surface area contributed by atoms with Crippen molar-refractivity contribution in [3.8, 4) is 16.9 Å². The van der Waals surface area contributed by atoms with Gasteiger partial charge in [-0.05, 0) is 36.8 Å². The summed E-state index contributed by atoms with van der Waals surface area (Å²) in [5, 5.41) is 16.7. The fourth-order valence-corrected chi connectivity index (χ4v) is 2.14. The van der Waals surface area contributed by atoms with E-state index in [-0.39, 0.29) is 17.1 Å². The predicted octanol–water partition coefficient (Wildman–Crippen LogP) is 2.48.